The SMILES string of the molecule is N#CC1(CNCc2ccc(C3CCCCC3)cc2)CC1. The molecule has 0 heterocycles. The van der Waals surface area contributed by atoms with Crippen LogP contribution in [0.1, 0.15) is 62.0 Å². The summed E-state index contributed by atoms with van der Waals surface area (Å²) in [7, 11) is 0. The van der Waals surface area contributed by atoms with E-state index < -0.39 is 0 Å². The van der Waals surface area contributed by atoms with Crippen molar-refractivity contribution in [2.75, 3.05) is 6.54 Å². The molecule has 0 unspecified atom stereocenters. The van der Waals surface area contributed by atoms with Crippen molar-refractivity contribution in [3.8, 4) is 6.07 Å². The van der Waals surface area contributed by atoms with Gasteiger partial charge in [-0.15, -0.1) is 0 Å². The first-order valence-electron chi connectivity index (χ1n) is 8.02. The van der Waals surface area contributed by atoms with Crippen LogP contribution < -0.4 is 5.32 Å². The van der Waals surface area contributed by atoms with E-state index in [1.165, 1.54) is 43.2 Å². The van der Waals surface area contributed by atoms with Gasteiger partial charge in [0.2, 0.25) is 0 Å². The summed E-state index contributed by atoms with van der Waals surface area (Å²) in [6, 6.07) is 11.6. The minimum atomic E-state index is -0.0396. The molecule has 1 N–H and O–H groups in total. The molecule has 0 bridgehead atoms. The first kappa shape index (κ1) is 13.6. The molecule has 2 nitrogen and oxygen atoms in total. The van der Waals surface area contributed by atoms with Crippen molar-refractivity contribution in [1.29, 1.82) is 5.26 Å². The normalized spacial score (nSPS) is 21.4. The third kappa shape index (κ3) is 3.22. The molecular weight excluding hydrogens is 244 g/mol. The van der Waals surface area contributed by atoms with Crippen molar-refractivity contribution in [1.82, 2.24) is 5.32 Å². The van der Waals surface area contributed by atoms with E-state index in [2.05, 4.69) is 35.7 Å². The van der Waals surface area contributed by atoms with Gasteiger partial charge in [-0.1, -0.05) is 43.5 Å². The van der Waals surface area contributed by atoms with E-state index in [0.29, 0.717) is 0 Å². The van der Waals surface area contributed by atoms with Crippen LogP contribution in [-0.2, 0) is 6.54 Å². The molecule has 1 aromatic carbocycles. The first-order valence-corrected chi connectivity index (χ1v) is 8.02. The minimum absolute atomic E-state index is 0.0396. The molecule has 3 rings (SSSR count). The molecule has 106 valence electrons. The van der Waals surface area contributed by atoms with Crippen molar-refractivity contribution in [3.05, 3.63) is 35.4 Å². The number of nitrogens with zero attached hydrogens (tertiary/aromatic N) is 1. The predicted octanol–water partition coefficient (Wildman–Crippen LogP) is 4.13. The van der Waals surface area contributed by atoms with Crippen LogP contribution in [0.15, 0.2) is 24.3 Å². The molecule has 0 saturated heterocycles. The number of rotatable bonds is 5. The highest BCUT2D eigenvalue weighted by atomic mass is 14.9. The van der Waals surface area contributed by atoms with Gasteiger partial charge in [-0.05, 0) is 42.7 Å². The maximum absolute atomic E-state index is 9.04. The fourth-order valence-corrected chi connectivity index (χ4v) is 3.27. The smallest absolute Gasteiger partial charge is 0.0703 e. The van der Waals surface area contributed by atoms with Gasteiger partial charge in [0.1, 0.15) is 0 Å². The molecular formula is C18H24N2. The molecule has 2 saturated carbocycles. The maximum Gasteiger partial charge on any atom is 0.0703 e. The Morgan fingerprint density at radius 1 is 1.10 bits per heavy atom. The van der Waals surface area contributed by atoms with Crippen LogP contribution >= 0.6 is 0 Å². The number of nitriles is 1. The van der Waals surface area contributed by atoms with Gasteiger partial charge in [0.15, 0.2) is 0 Å². The second-order valence-electron chi connectivity index (χ2n) is 6.57. The fourth-order valence-electron chi connectivity index (χ4n) is 3.27. The zero-order valence-corrected chi connectivity index (χ0v) is 12.2. The molecule has 0 radical (unpaired) electrons. The van der Waals surface area contributed by atoms with Crippen molar-refractivity contribution in [2.24, 2.45) is 5.41 Å². The first-order chi connectivity index (χ1) is 9.81. The van der Waals surface area contributed by atoms with E-state index in [-0.39, 0.29) is 5.41 Å². The lowest BCUT2D eigenvalue weighted by molar-refractivity contribution is 0.443. The third-order valence-corrected chi connectivity index (χ3v) is 4.94. The summed E-state index contributed by atoms with van der Waals surface area (Å²) < 4.78 is 0. The van der Waals surface area contributed by atoms with Crippen molar-refractivity contribution in [3.63, 3.8) is 0 Å². The summed E-state index contributed by atoms with van der Waals surface area (Å²) in [6.45, 7) is 1.72. The monoisotopic (exact) mass is 268 g/mol. The summed E-state index contributed by atoms with van der Waals surface area (Å²) in [5, 5.41) is 12.5. The largest absolute Gasteiger partial charge is 0.311 e. The minimum Gasteiger partial charge on any atom is -0.311 e. The molecule has 2 aliphatic rings. The van der Waals surface area contributed by atoms with E-state index in [4.69, 9.17) is 5.26 Å². The van der Waals surface area contributed by atoms with Crippen molar-refractivity contribution in [2.45, 2.75) is 57.4 Å². The average molecular weight is 268 g/mol. The zero-order valence-electron chi connectivity index (χ0n) is 12.2. The third-order valence-electron chi connectivity index (χ3n) is 4.94. The molecule has 0 aromatic heterocycles. The summed E-state index contributed by atoms with van der Waals surface area (Å²) in [5.74, 6) is 0.791. The second-order valence-corrected chi connectivity index (χ2v) is 6.57. The zero-order chi connectivity index (χ0) is 13.8. The standard InChI is InChI=1S/C18H24N2/c19-13-18(10-11-18)14-20-12-15-6-8-17(9-7-15)16-4-2-1-3-5-16/h6-9,16,20H,1-5,10-12,14H2. The van der Waals surface area contributed by atoms with Crippen LogP contribution in [0, 0.1) is 16.7 Å². The molecule has 0 spiro atoms. The molecule has 0 atom stereocenters. The van der Waals surface area contributed by atoms with Crippen molar-refractivity contribution >= 4 is 0 Å². The summed E-state index contributed by atoms with van der Waals surface area (Å²) in [4.78, 5) is 0. The Kier molecular flexibility index (Phi) is 4.08. The van der Waals surface area contributed by atoms with Gasteiger partial charge in [0, 0.05) is 13.1 Å². The van der Waals surface area contributed by atoms with E-state index >= 15 is 0 Å². The van der Waals surface area contributed by atoms with Gasteiger partial charge < -0.3 is 5.32 Å². The predicted molar refractivity (Wildman–Crippen MR) is 81.3 cm³/mol. The van der Waals surface area contributed by atoms with Gasteiger partial charge >= 0.3 is 0 Å². The number of hydrogen-bond acceptors (Lipinski definition) is 2. The second kappa shape index (κ2) is 5.97. The number of nitrogens with one attached hydrogen (secondary N) is 1. The lowest BCUT2D eigenvalue weighted by atomic mass is 9.84. The maximum atomic E-state index is 9.04. The van der Waals surface area contributed by atoms with Gasteiger partial charge in [-0.2, -0.15) is 5.26 Å². The van der Waals surface area contributed by atoms with Gasteiger partial charge in [-0.3, -0.25) is 0 Å². The summed E-state index contributed by atoms with van der Waals surface area (Å²) in [6.07, 6.45) is 9.06. The highest BCUT2D eigenvalue weighted by Crippen LogP contribution is 2.44. The molecule has 2 fully saturated rings. The number of benzene rings is 1. The Labute approximate surface area is 122 Å². The molecule has 2 heteroatoms. The molecule has 20 heavy (non-hydrogen) atoms. The van der Waals surface area contributed by atoms with Crippen LogP contribution in [0.3, 0.4) is 0 Å². The lowest BCUT2D eigenvalue weighted by Gasteiger charge is -2.22. The molecule has 0 amide bonds. The Morgan fingerprint density at radius 2 is 1.80 bits per heavy atom. The van der Waals surface area contributed by atoms with Crippen LogP contribution in [0.5, 0.6) is 0 Å². The van der Waals surface area contributed by atoms with Crippen LogP contribution in [0.2, 0.25) is 0 Å². The summed E-state index contributed by atoms with van der Waals surface area (Å²) in [5.41, 5.74) is 2.81. The van der Waals surface area contributed by atoms with Crippen LogP contribution in [-0.4, -0.2) is 6.54 Å². The van der Waals surface area contributed by atoms with Crippen LogP contribution in [0.4, 0.5) is 0 Å². The van der Waals surface area contributed by atoms with E-state index in [0.717, 1.165) is 31.8 Å². The van der Waals surface area contributed by atoms with Crippen LogP contribution in [0.25, 0.3) is 0 Å². The Hall–Kier alpha value is -1.33. The molecule has 0 aliphatic heterocycles. The quantitative estimate of drug-likeness (QED) is 0.871. The average Bonchev–Trinajstić information content (AvgIpc) is 3.29. The van der Waals surface area contributed by atoms with Gasteiger partial charge in [0.05, 0.1) is 11.5 Å². The topological polar surface area (TPSA) is 35.8 Å². The van der Waals surface area contributed by atoms with E-state index in [1.807, 2.05) is 0 Å². The highest BCUT2D eigenvalue weighted by Gasteiger charge is 2.42. The molecule has 2 aliphatic carbocycles. The highest BCUT2D eigenvalue weighted by molar-refractivity contribution is 5.25. The van der Waals surface area contributed by atoms with Gasteiger partial charge in [-0.25, -0.2) is 0 Å². The fraction of sp³-hybridized carbons (Fsp3) is 0.611. The Bertz CT molecular complexity index is 473. The lowest BCUT2D eigenvalue weighted by Crippen LogP contribution is -2.22. The van der Waals surface area contributed by atoms with E-state index in [9.17, 15) is 0 Å². The Morgan fingerprint density at radius 3 is 2.40 bits per heavy atom. The Balaban J connectivity index is 1.50. The summed E-state index contributed by atoms with van der Waals surface area (Å²) >= 11 is 0. The number of hydrogen-bond donors (Lipinski definition) is 1. The molecule has 1 aromatic rings. The van der Waals surface area contributed by atoms with E-state index in [1.54, 1.807) is 0 Å². The van der Waals surface area contributed by atoms with Gasteiger partial charge in [0.25, 0.3) is 0 Å². The van der Waals surface area contributed by atoms with Crippen molar-refractivity contribution < 1.29 is 0 Å².